The van der Waals surface area contributed by atoms with Gasteiger partial charge < -0.3 is 16.0 Å². The number of amides is 1. The smallest absolute Gasteiger partial charge is 0.225 e. The molecule has 2 fully saturated rings. The number of benzene rings is 1. The minimum atomic E-state index is 0.137. The molecule has 0 saturated carbocycles. The number of rotatable bonds is 1. The number of anilines is 2. The summed E-state index contributed by atoms with van der Waals surface area (Å²) in [6.45, 7) is 1.73. The van der Waals surface area contributed by atoms with Gasteiger partial charge in [0.05, 0.1) is 23.3 Å². The van der Waals surface area contributed by atoms with Crippen molar-refractivity contribution in [2.75, 3.05) is 23.7 Å². The highest BCUT2D eigenvalue weighted by molar-refractivity contribution is 14.1. The second kappa shape index (κ2) is 4.60. The Balaban J connectivity index is 1.93. The average molecular weight is 357 g/mol. The van der Waals surface area contributed by atoms with E-state index >= 15 is 0 Å². The van der Waals surface area contributed by atoms with Crippen molar-refractivity contribution in [1.82, 2.24) is 5.32 Å². The van der Waals surface area contributed by atoms with E-state index in [9.17, 15) is 4.79 Å². The van der Waals surface area contributed by atoms with E-state index in [0.717, 1.165) is 40.9 Å². The van der Waals surface area contributed by atoms with Gasteiger partial charge >= 0.3 is 0 Å². The zero-order valence-corrected chi connectivity index (χ0v) is 12.2. The van der Waals surface area contributed by atoms with Gasteiger partial charge in [-0.15, -0.1) is 0 Å². The van der Waals surface area contributed by atoms with Gasteiger partial charge in [-0.1, -0.05) is 0 Å². The molecule has 2 unspecified atom stereocenters. The van der Waals surface area contributed by atoms with E-state index in [1.54, 1.807) is 0 Å². The van der Waals surface area contributed by atoms with Crippen LogP contribution in [0, 0.1) is 9.49 Å². The number of nitrogen functional groups attached to an aromatic ring is 1. The molecule has 2 saturated heterocycles. The number of hydrogen-bond acceptors (Lipinski definition) is 3. The maximum Gasteiger partial charge on any atom is 0.225 e. The summed E-state index contributed by atoms with van der Waals surface area (Å²) >= 11 is 2.26. The molecule has 2 aliphatic rings. The summed E-state index contributed by atoms with van der Waals surface area (Å²) in [5.74, 6) is 0.339. The lowest BCUT2D eigenvalue weighted by Gasteiger charge is -2.38. The van der Waals surface area contributed by atoms with E-state index in [4.69, 9.17) is 5.73 Å². The molecule has 0 spiro atoms. The Hall–Kier alpha value is -0.980. The van der Waals surface area contributed by atoms with Crippen molar-refractivity contribution in [2.45, 2.75) is 18.9 Å². The first-order chi connectivity index (χ1) is 8.66. The molecular formula is C13H16IN3O. The number of carbonyl (C=O) groups excluding carboxylic acids is 1. The molecule has 2 atom stereocenters. The highest BCUT2D eigenvalue weighted by atomic mass is 127. The number of hydrogen-bond donors (Lipinski definition) is 2. The fraction of sp³-hybridized carbons (Fsp3) is 0.462. The van der Waals surface area contributed by atoms with Crippen LogP contribution in [-0.4, -0.2) is 25.0 Å². The normalized spacial score (nSPS) is 26.9. The van der Waals surface area contributed by atoms with Crippen LogP contribution in [0.1, 0.15) is 12.8 Å². The van der Waals surface area contributed by atoms with Crippen LogP contribution >= 0.6 is 22.6 Å². The first-order valence-electron chi connectivity index (χ1n) is 6.26. The Morgan fingerprint density at radius 1 is 1.44 bits per heavy atom. The summed E-state index contributed by atoms with van der Waals surface area (Å²) in [4.78, 5) is 14.1. The quantitative estimate of drug-likeness (QED) is 0.593. The fourth-order valence-electron chi connectivity index (χ4n) is 3.04. The topological polar surface area (TPSA) is 58.4 Å². The molecule has 96 valence electrons. The van der Waals surface area contributed by atoms with Crippen molar-refractivity contribution < 1.29 is 4.79 Å². The van der Waals surface area contributed by atoms with Crippen molar-refractivity contribution in [3.63, 3.8) is 0 Å². The molecule has 4 nitrogen and oxygen atoms in total. The van der Waals surface area contributed by atoms with Crippen LogP contribution in [0.5, 0.6) is 0 Å². The van der Waals surface area contributed by atoms with Crippen LogP contribution in [0.4, 0.5) is 11.4 Å². The summed E-state index contributed by atoms with van der Waals surface area (Å²) in [6, 6.07) is 6.40. The van der Waals surface area contributed by atoms with Gasteiger partial charge in [-0.2, -0.15) is 0 Å². The Morgan fingerprint density at radius 2 is 2.28 bits per heavy atom. The van der Waals surface area contributed by atoms with Crippen molar-refractivity contribution in [2.24, 2.45) is 5.92 Å². The largest absolute Gasteiger partial charge is 0.397 e. The van der Waals surface area contributed by atoms with Gasteiger partial charge in [0.25, 0.3) is 0 Å². The zero-order valence-electron chi connectivity index (χ0n) is 10.0. The number of halogens is 1. The first-order valence-corrected chi connectivity index (χ1v) is 7.34. The molecule has 1 aromatic carbocycles. The van der Waals surface area contributed by atoms with Gasteiger partial charge in [-0.3, -0.25) is 4.79 Å². The zero-order chi connectivity index (χ0) is 12.7. The predicted octanol–water partition coefficient (Wildman–Crippen LogP) is 1.59. The molecule has 1 amide bonds. The standard InChI is InChI=1S/C13H16IN3O/c14-8-3-4-11(10(15)6-8)17-5-1-2-9-12(17)7-16-13(9)18/h3-4,6,9,12H,1-2,5,7,15H2,(H,16,18). The van der Waals surface area contributed by atoms with E-state index in [1.165, 1.54) is 0 Å². The van der Waals surface area contributed by atoms with E-state index in [-0.39, 0.29) is 17.9 Å². The number of nitrogens with one attached hydrogen (secondary N) is 1. The van der Waals surface area contributed by atoms with Crippen molar-refractivity contribution in [1.29, 1.82) is 0 Å². The minimum absolute atomic E-state index is 0.137. The van der Waals surface area contributed by atoms with Crippen LogP contribution in [0.25, 0.3) is 0 Å². The van der Waals surface area contributed by atoms with Gasteiger partial charge in [-0.05, 0) is 53.6 Å². The average Bonchev–Trinajstić information content (AvgIpc) is 2.72. The van der Waals surface area contributed by atoms with Crippen LogP contribution < -0.4 is 16.0 Å². The molecule has 0 aliphatic carbocycles. The maximum absolute atomic E-state index is 11.8. The van der Waals surface area contributed by atoms with Crippen LogP contribution in [0.15, 0.2) is 18.2 Å². The lowest BCUT2D eigenvalue weighted by atomic mass is 9.91. The van der Waals surface area contributed by atoms with Crippen molar-refractivity contribution in [3.8, 4) is 0 Å². The Morgan fingerprint density at radius 3 is 3.06 bits per heavy atom. The minimum Gasteiger partial charge on any atom is -0.397 e. The third-order valence-corrected chi connectivity index (χ3v) is 4.57. The Bertz CT molecular complexity index is 491. The third-order valence-electron chi connectivity index (χ3n) is 3.90. The molecule has 3 rings (SSSR count). The fourth-order valence-corrected chi connectivity index (χ4v) is 3.55. The number of nitrogens with two attached hydrogens (primary N) is 1. The number of carbonyl (C=O) groups is 1. The van der Waals surface area contributed by atoms with E-state index < -0.39 is 0 Å². The van der Waals surface area contributed by atoms with Gasteiger partial charge in [0.15, 0.2) is 0 Å². The molecule has 0 aromatic heterocycles. The molecule has 0 bridgehead atoms. The lowest BCUT2D eigenvalue weighted by Crippen LogP contribution is -2.46. The second-order valence-electron chi connectivity index (χ2n) is 4.96. The SMILES string of the molecule is Nc1cc(I)ccc1N1CCCC2C(=O)NCC21. The summed E-state index contributed by atoms with van der Waals surface area (Å²) in [6.07, 6.45) is 2.05. The van der Waals surface area contributed by atoms with Crippen LogP contribution in [0.3, 0.4) is 0 Å². The van der Waals surface area contributed by atoms with Gasteiger partial charge in [0, 0.05) is 16.7 Å². The third kappa shape index (κ3) is 1.94. The highest BCUT2D eigenvalue weighted by Crippen LogP contribution is 2.34. The highest BCUT2D eigenvalue weighted by Gasteiger charge is 2.41. The summed E-state index contributed by atoms with van der Waals surface area (Å²) < 4.78 is 1.14. The van der Waals surface area contributed by atoms with Gasteiger partial charge in [0.1, 0.15) is 0 Å². The summed E-state index contributed by atoms with van der Waals surface area (Å²) in [7, 11) is 0. The monoisotopic (exact) mass is 357 g/mol. The molecule has 2 aliphatic heterocycles. The van der Waals surface area contributed by atoms with E-state index in [0.29, 0.717) is 0 Å². The second-order valence-corrected chi connectivity index (χ2v) is 6.20. The molecule has 18 heavy (non-hydrogen) atoms. The molecular weight excluding hydrogens is 341 g/mol. The van der Waals surface area contributed by atoms with E-state index in [1.807, 2.05) is 6.07 Å². The van der Waals surface area contributed by atoms with E-state index in [2.05, 4.69) is 44.9 Å². The number of nitrogens with zero attached hydrogens (tertiary/aromatic N) is 1. The summed E-state index contributed by atoms with van der Waals surface area (Å²) in [5, 5.41) is 2.97. The maximum atomic E-state index is 11.8. The molecule has 3 N–H and O–H groups in total. The number of piperidine rings is 1. The van der Waals surface area contributed by atoms with Crippen molar-refractivity contribution in [3.05, 3.63) is 21.8 Å². The number of fused-ring (bicyclic) bond motifs is 1. The summed E-state index contributed by atoms with van der Waals surface area (Å²) in [5.41, 5.74) is 8.00. The molecule has 5 heteroatoms. The molecule has 1 aromatic rings. The first kappa shape index (κ1) is 12.1. The van der Waals surface area contributed by atoms with Crippen molar-refractivity contribution >= 4 is 39.9 Å². The Labute approximate surface area is 120 Å². The van der Waals surface area contributed by atoms with Gasteiger partial charge in [-0.25, -0.2) is 0 Å². The Kier molecular flexibility index (Phi) is 3.09. The van der Waals surface area contributed by atoms with Crippen LogP contribution in [-0.2, 0) is 4.79 Å². The predicted molar refractivity (Wildman–Crippen MR) is 80.4 cm³/mol. The molecule has 2 heterocycles. The van der Waals surface area contributed by atoms with Gasteiger partial charge in [0.2, 0.25) is 5.91 Å². The lowest BCUT2D eigenvalue weighted by molar-refractivity contribution is -0.122. The van der Waals surface area contributed by atoms with Crippen LogP contribution in [0.2, 0.25) is 0 Å². The molecule has 0 radical (unpaired) electrons.